The molecule has 0 saturated heterocycles. The molecule has 0 aromatic heterocycles. The quantitative estimate of drug-likeness (QED) is 0.404. The summed E-state index contributed by atoms with van der Waals surface area (Å²) in [6, 6.07) is 0. The van der Waals surface area contributed by atoms with Crippen LogP contribution in [0.1, 0.15) is 6.92 Å². The minimum absolute atomic E-state index is 0.792. The Bertz CT molecular complexity index is 8.00. The first-order chi connectivity index (χ1) is 1.91. The van der Waals surface area contributed by atoms with Gasteiger partial charge in [0, 0.05) is 0 Å². The minimum atomic E-state index is -1.08. The molecule has 0 aromatic carbocycles. The predicted molar refractivity (Wildman–Crippen MR) is 18.7 cm³/mol. The van der Waals surface area contributed by atoms with Crippen LogP contribution < -0.4 is 0 Å². The van der Waals surface area contributed by atoms with E-state index < -0.39 is 15.7 Å². The summed E-state index contributed by atoms with van der Waals surface area (Å²) in [6.45, 7) is 1.87. The van der Waals surface area contributed by atoms with E-state index in [1.54, 1.807) is 0 Å². The molecular formula is C2H6AlF. The summed E-state index contributed by atoms with van der Waals surface area (Å²) < 4.78 is 10.9. The standard InChI is InChI=1S/C2H5.Al.FH.H/c1-2;;;/h1H2,2H3;;1H;/q;+1;;/p-1. The van der Waals surface area contributed by atoms with E-state index >= 15 is 0 Å². The summed E-state index contributed by atoms with van der Waals surface area (Å²) in [5.74, 6) is 0. The Balaban J connectivity index is 1.97. The molecule has 0 fully saturated rings. The Morgan fingerprint density at radius 2 is 2.25 bits per heavy atom. The van der Waals surface area contributed by atoms with Crippen molar-refractivity contribution in [3.8, 4) is 0 Å². The summed E-state index contributed by atoms with van der Waals surface area (Å²) in [4.78, 5) is 0. The zero-order valence-electron chi connectivity index (χ0n) is 2.79. The van der Waals surface area contributed by atoms with Gasteiger partial charge in [-0.2, -0.15) is 0 Å². The largest absolute Gasteiger partial charge is 0.494 e. The van der Waals surface area contributed by atoms with E-state index in [0.717, 1.165) is 5.28 Å². The highest BCUT2D eigenvalue weighted by Gasteiger charge is 1.75. The normalized spacial score (nSPS) is 6.50. The monoisotopic (exact) mass is 76.0 g/mol. The summed E-state index contributed by atoms with van der Waals surface area (Å²) in [5.41, 5.74) is 0. The van der Waals surface area contributed by atoms with Crippen molar-refractivity contribution in [2.24, 2.45) is 0 Å². The molecule has 0 aliphatic heterocycles. The van der Waals surface area contributed by atoms with Crippen LogP contribution in [0.25, 0.3) is 0 Å². The Hall–Kier alpha value is 0.462. The Kier molecular flexibility index (Phi) is 3.86. The fraction of sp³-hybridized carbons (Fsp3) is 1.00. The topological polar surface area (TPSA) is 0 Å². The lowest BCUT2D eigenvalue weighted by Crippen LogP contribution is -1.64. The van der Waals surface area contributed by atoms with Gasteiger partial charge in [0.15, 0.2) is 0 Å². The second-order valence-electron chi connectivity index (χ2n) is 0.689. The highest BCUT2D eigenvalue weighted by Crippen LogP contribution is 1.67. The number of rotatable bonds is 1. The SMILES string of the molecule is C[CH2][AlH][F]. The molecule has 0 radical (unpaired) electrons. The van der Waals surface area contributed by atoms with Gasteiger partial charge in [0.2, 0.25) is 0 Å². The first-order valence-corrected chi connectivity index (χ1v) is 3.01. The molecule has 0 atom stereocenters. The average molecular weight is 76.0 g/mol. The number of halogens is 1. The number of hydrogen-bond donors (Lipinski definition) is 0. The Morgan fingerprint density at radius 1 is 2.00 bits per heavy atom. The van der Waals surface area contributed by atoms with Gasteiger partial charge in [-0.3, -0.25) is 0 Å². The van der Waals surface area contributed by atoms with Crippen molar-refractivity contribution >= 4 is 15.7 Å². The van der Waals surface area contributed by atoms with E-state index in [-0.39, 0.29) is 0 Å². The molecule has 24 valence electrons. The maximum atomic E-state index is 10.9. The molecule has 0 aliphatic rings. The van der Waals surface area contributed by atoms with Crippen LogP contribution in [0.3, 0.4) is 0 Å². The highest BCUT2D eigenvalue weighted by atomic mass is 27.2. The van der Waals surface area contributed by atoms with Crippen molar-refractivity contribution in [3.05, 3.63) is 0 Å². The van der Waals surface area contributed by atoms with Gasteiger partial charge in [-0.25, -0.2) is 0 Å². The van der Waals surface area contributed by atoms with Crippen LogP contribution in [-0.2, 0) is 0 Å². The fourth-order valence-electron chi connectivity index (χ4n) is 0. The van der Waals surface area contributed by atoms with Crippen molar-refractivity contribution < 1.29 is 3.52 Å². The lowest BCUT2D eigenvalue weighted by atomic mass is 11.0. The molecule has 0 saturated carbocycles. The van der Waals surface area contributed by atoms with Gasteiger partial charge in [-0.05, 0) is 0 Å². The van der Waals surface area contributed by atoms with Crippen LogP contribution in [0.15, 0.2) is 0 Å². The summed E-state index contributed by atoms with van der Waals surface area (Å²) in [7, 11) is 0. The third-order valence-corrected chi connectivity index (χ3v) is 0.567. The maximum Gasteiger partial charge on any atom is 0.494 e. The van der Waals surface area contributed by atoms with E-state index in [2.05, 4.69) is 0 Å². The van der Waals surface area contributed by atoms with Crippen molar-refractivity contribution in [2.45, 2.75) is 12.2 Å². The van der Waals surface area contributed by atoms with E-state index in [9.17, 15) is 3.52 Å². The first-order valence-electron chi connectivity index (χ1n) is 1.47. The van der Waals surface area contributed by atoms with Gasteiger partial charge in [0.05, 0.1) is 0 Å². The average Bonchev–Trinajstić information content (AvgIpc) is 1.37. The second kappa shape index (κ2) is 3.46. The van der Waals surface area contributed by atoms with Crippen molar-refractivity contribution in [1.82, 2.24) is 0 Å². The van der Waals surface area contributed by atoms with Crippen molar-refractivity contribution in [3.63, 3.8) is 0 Å². The molecule has 0 bridgehead atoms. The molecule has 0 nitrogen and oxygen atoms in total. The van der Waals surface area contributed by atoms with Crippen LogP contribution in [0.2, 0.25) is 5.28 Å². The lowest BCUT2D eigenvalue weighted by molar-refractivity contribution is 0.863. The van der Waals surface area contributed by atoms with Gasteiger partial charge in [-0.15, -0.1) is 0 Å². The zero-order valence-corrected chi connectivity index (χ0v) is 4.21. The molecule has 4 heavy (non-hydrogen) atoms. The van der Waals surface area contributed by atoms with Gasteiger partial charge >= 0.3 is 15.7 Å². The van der Waals surface area contributed by atoms with Crippen LogP contribution in [0.4, 0.5) is 3.52 Å². The van der Waals surface area contributed by atoms with Gasteiger partial charge in [0.1, 0.15) is 0 Å². The van der Waals surface area contributed by atoms with E-state index in [4.69, 9.17) is 0 Å². The van der Waals surface area contributed by atoms with E-state index in [1.807, 2.05) is 6.92 Å². The third kappa shape index (κ3) is 2.46. The molecule has 0 N–H and O–H groups in total. The van der Waals surface area contributed by atoms with Crippen LogP contribution >= 0.6 is 0 Å². The Labute approximate surface area is 32.2 Å². The molecule has 2 heteroatoms. The predicted octanol–water partition coefficient (Wildman–Crippen LogP) is 0.746. The number of hydrogen-bond acceptors (Lipinski definition) is 0. The van der Waals surface area contributed by atoms with Crippen molar-refractivity contribution in [2.75, 3.05) is 0 Å². The first kappa shape index (κ1) is 4.46. The highest BCUT2D eigenvalue weighted by molar-refractivity contribution is 6.25. The van der Waals surface area contributed by atoms with Gasteiger partial charge < -0.3 is 3.52 Å². The van der Waals surface area contributed by atoms with Crippen LogP contribution in [0.5, 0.6) is 0 Å². The molecule has 0 unspecified atom stereocenters. The molecule has 0 amide bonds. The maximum absolute atomic E-state index is 10.9. The van der Waals surface area contributed by atoms with Gasteiger partial charge in [-0.1, -0.05) is 12.2 Å². The summed E-state index contributed by atoms with van der Waals surface area (Å²) in [6.07, 6.45) is 0. The second-order valence-corrected chi connectivity index (χ2v) is 2.07. The lowest BCUT2D eigenvalue weighted by Gasteiger charge is -1.57. The smallest absolute Gasteiger partial charge is 0.424 e. The molecule has 0 rings (SSSR count). The molecule has 0 aliphatic carbocycles. The van der Waals surface area contributed by atoms with Gasteiger partial charge in [0.25, 0.3) is 0 Å². The molecule has 0 spiro atoms. The third-order valence-electron chi connectivity index (χ3n) is 0.189. The van der Waals surface area contributed by atoms with E-state index in [0.29, 0.717) is 0 Å². The van der Waals surface area contributed by atoms with Crippen molar-refractivity contribution in [1.29, 1.82) is 0 Å². The minimum Gasteiger partial charge on any atom is -0.424 e. The molecular weight excluding hydrogens is 70.0 g/mol. The van der Waals surface area contributed by atoms with Crippen LogP contribution in [-0.4, -0.2) is 15.7 Å². The summed E-state index contributed by atoms with van der Waals surface area (Å²) >= 11 is -1.08. The van der Waals surface area contributed by atoms with E-state index in [1.165, 1.54) is 0 Å². The molecule has 0 aromatic rings. The Morgan fingerprint density at radius 3 is 2.25 bits per heavy atom. The molecule has 0 heterocycles. The fourth-order valence-corrected chi connectivity index (χ4v) is 0. The zero-order chi connectivity index (χ0) is 3.41. The summed E-state index contributed by atoms with van der Waals surface area (Å²) in [5, 5.41) is 0.792. The van der Waals surface area contributed by atoms with Crippen LogP contribution in [0, 0.1) is 0 Å².